The Kier molecular flexibility index (Phi) is 3.19. The van der Waals surface area contributed by atoms with Crippen LogP contribution < -0.4 is 0 Å². The van der Waals surface area contributed by atoms with Gasteiger partial charge in [-0.25, -0.2) is 0 Å². The minimum Gasteiger partial charge on any atom is -0.259 e. The second-order valence-electron chi connectivity index (χ2n) is 3.11. The third-order valence-corrected chi connectivity index (χ3v) is 2.39. The second kappa shape index (κ2) is 4.60. The summed E-state index contributed by atoms with van der Waals surface area (Å²) in [4.78, 5) is 8.38. The summed E-state index contributed by atoms with van der Waals surface area (Å²) >= 11 is 11.5. The van der Waals surface area contributed by atoms with Crippen LogP contribution in [0.2, 0.25) is 10.0 Å². The molecule has 0 bridgehead atoms. The highest BCUT2D eigenvalue weighted by atomic mass is 35.5. The van der Waals surface area contributed by atoms with Crippen LogP contribution in [0, 0.1) is 0 Å². The van der Waals surface area contributed by atoms with Crippen molar-refractivity contribution in [2.75, 3.05) is 0 Å². The van der Waals surface area contributed by atoms with E-state index in [1.54, 1.807) is 12.4 Å². The molecule has 0 atom stereocenters. The van der Waals surface area contributed by atoms with Crippen molar-refractivity contribution in [3.8, 4) is 0 Å². The quantitative estimate of drug-likeness (QED) is 0.802. The van der Waals surface area contributed by atoms with Crippen LogP contribution in [0.1, 0.15) is 11.4 Å². The van der Waals surface area contributed by atoms with Crippen molar-refractivity contribution in [3.63, 3.8) is 0 Å². The predicted molar refractivity (Wildman–Crippen MR) is 61.3 cm³/mol. The van der Waals surface area contributed by atoms with E-state index in [0.29, 0.717) is 16.5 Å². The highest BCUT2D eigenvalue weighted by Gasteiger charge is 1.99. The van der Waals surface area contributed by atoms with E-state index in [2.05, 4.69) is 9.97 Å². The van der Waals surface area contributed by atoms with Crippen LogP contribution in [0.15, 0.2) is 36.7 Å². The fourth-order valence-electron chi connectivity index (χ4n) is 1.21. The second-order valence-corrected chi connectivity index (χ2v) is 3.99. The van der Waals surface area contributed by atoms with E-state index in [1.165, 1.54) is 0 Å². The fraction of sp³-hybridized carbons (Fsp3) is 0.0909. The van der Waals surface area contributed by atoms with Crippen LogP contribution in [-0.2, 0) is 6.42 Å². The lowest BCUT2D eigenvalue weighted by molar-refractivity contribution is 1.01. The average molecular weight is 239 g/mol. The Morgan fingerprint density at radius 3 is 1.60 bits per heavy atom. The Hall–Kier alpha value is -1.12. The molecule has 76 valence electrons. The third-order valence-electron chi connectivity index (χ3n) is 1.94. The van der Waals surface area contributed by atoms with E-state index in [1.807, 2.05) is 24.3 Å². The first kappa shape index (κ1) is 10.4. The molecule has 0 saturated heterocycles. The molecule has 0 aromatic carbocycles. The minimum absolute atomic E-state index is 0.641. The van der Waals surface area contributed by atoms with Crippen molar-refractivity contribution in [2.45, 2.75) is 6.42 Å². The maximum Gasteiger partial charge on any atom is 0.0589 e. The number of rotatable bonds is 2. The van der Waals surface area contributed by atoms with E-state index in [0.717, 1.165) is 11.4 Å². The SMILES string of the molecule is Clc1ccc(Cc2ccc(Cl)cn2)nc1. The van der Waals surface area contributed by atoms with Crippen LogP contribution >= 0.6 is 23.2 Å². The number of hydrogen-bond acceptors (Lipinski definition) is 2. The molecule has 2 rings (SSSR count). The summed E-state index contributed by atoms with van der Waals surface area (Å²) in [6, 6.07) is 7.41. The van der Waals surface area contributed by atoms with Crippen molar-refractivity contribution in [1.29, 1.82) is 0 Å². The van der Waals surface area contributed by atoms with Gasteiger partial charge < -0.3 is 0 Å². The average Bonchev–Trinajstić information content (AvgIpc) is 2.25. The molecule has 15 heavy (non-hydrogen) atoms. The molecule has 0 aliphatic carbocycles. The van der Waals surface area contributed by atoms with Gasteiger partial charge >= 0.3 is 0 Å². The fourth-order valence-corrected chi connectivity index (χ4v) is 1.43. The van der Waals surface area contributed by atoms with Crippen LogP contribution in [0.25, 0.3) is 0 Å². The minimum atomic E-state index is 0.641. The molecule has 2 nitrogen and oxygen atoms in total. The van der Waals surface area contributed by atoms with E-state index in [-0.39, 0.29) is 0 Å². The zero-order valence-corrected chi connectivity index (χ0v) is 9.33. The van der Waals surface area contributed by atoms with Gasteiger partial charge in [-0.2, -0.15) is 0 Å². The lowest BCUT2D eigenvalue weighted by atomic mass is 10.2. The predicted octanol–water partition coefficient (Wildman–Crippen LogP) is 3.37. The highest BCUT2D eigenvalue weighted by Crippen LogP contribution is 2.11. The first-order valence-corrected chi connectivity index (χ1v) is 5.20. The summed E-state index contributed by atoms with van der Waals surface area (Å²) in [5.74, 6) is 0. The maximum absolute atomic E-state index is 5.74. The van der Waals surface area contributed by atoms with Crippen molar-refractivity contribution in [2.24, 2.45) is 0 Å². The van der Waals surface area contributed by atoms with Gasteiger partial charge in [-0.1, -0.05) is 23.2 Å². The highest BCUT2D eigenvalue weighted by molar-refractivity contribution is 6.30. The number of hydrogen-bond donors (Lipinski definition) is 0. The number of nitrogens with zero attached hydrogens (tertiary/aromatic N) is 2. The Labute approximate surface area is 97.9 Å². The summed E-state index contributed by atoms with van der Waals surface area (Å²) in [5.41, 5.74) is 1.88. The number of halogens is 2. The van der Waals surface area contributed by atoms with Gasteiger partial charge in [-0.15, -0.1) is 0 Å². The molecule has 2 aromatic heterocycles. The summed E-state index contributed by atoms with van der Waals surface area (Å²) < 4.78 is 0. The zero-order valence-electron chi connectivity index (χ0n) is 7.82. The third kappa shape index (κ3) is 2.91. The molecule has 2 aromatic rings. The van der Waals surface area contributed by atoms with Gasteiger partial charge in [-0.05, 0) is 24.3 Å². The summed E-state index contributed by atoms with van der Waals surface area (Å²) in [6.45, 7) is 0. The molecule has 0 radical (unpaired) electrons. The monoisotopic (exact) mass is 238 g/mol. The molecular weight excluding hydrogens is 231 g/mol. The maximum atomic E-state index is 5.74. The van der Waals surface area contributed by atoms with Gasteiger partial charge in [0.15, 0.2) is 0 Å². The van der Waals surface area contributed by atoms with Crippen molar-refractivity contribution >= 4 is 23.2 Å². The van der Waals surface area contributed by atoms with Gasteiger partial charge in [0.2, 0.25) is 0 Å². The van der Waals surface area contributed by atoms with Gasteiger partial charge in [0.05, 0.1) is 10.0 Å². The van der Waals surface area contributed by atoms with E-state index < -0.39 is 0 Å². The molecule has 0 aliphatic rings. The van der Waals surface area contributed by atoms with E-state index in [4.69, 9.17) is 23.2 Å². The molecule has 0 fully saturated rings. The van der Waals surface area contributed by atoms with E-state index >= 15 is 0 Å². The van der Waals surface area contributed by atoms with Gasteiger partial charge in [0.1, 0.15) is 0 Å². The van der Waals surface area contributed by atoms with Crippen molar-refractivity contribution in [1.82, 2.24) is 9.97 Å². The molecule has 4 heteroatoms. The molecule has 0 saturated carbocycles. The van der Waals surface area contributed by atoms with Gasteiger partial charge in [-0.3, -0.25) is 9.97 Å². The number of aromatic nitrogens is 2. The number of pyridine rings is 2. The standard InChI is InChI=1S/C11H8Cl2N2/c12-8-1-3-10(14-6-8)5-11-4-2-9(13)7-15-11/h1-4,6-7H,5H2. The topological polar surface area (TPSA) is 25.8 Å². The molecule has 0 spiro atoms. The normalized spacial score (nSPS) is 10.3. The Balaban J connectivity index is 2.15. The van der Waals surface area contributed by atoms with Crippen LogP contribution in [0.4, 0.5) is 0 Å². The van der Waals surface area contributed by atoms with Crippen molar-refractivity contribution < 1.29 is 0 Å². The first-order chi connectivity index (χ1) is 7.24. The molecule has 0 unspecified atom stereocenters. The van der Waals surface area contributed by atoms with Crippen molar-refractivity contribution in [3.05, 3.63) is 58.1 Å². The zero-order chi connectivity index (χ0) is 10.7. The van der Waals surface area contributed by atoms with Gasteiger partial charge in [0, 0.05) is 30.2 Å². The molecule has 0 N–H and O–H groups in total. The Bertz CT molecular complexity index is 394. The molecule has 0 aliphatic heterocycles. The smallest absolute Gasteiger partial charge is 0.0589 e. The summed E-state index contributed by atoms with van der Waals surface area (Å²) in [5, 5.41) is 1.28. The van der Waals surface area contributed by atoms with Crippen LogP contribution in [0.3, 0.4) is 0 Å². The Morgan fingerprint density at radius 2 is 1.27 bits per heavy atom. The van der Waals surface area contributed by atoms with Crippen LogP contribution in [0.5, 0.6) is 0 Å². The molecule has 2 heterocycles. The largest absolute Gasteiger partial charge is 0.259 e. The lowest BCUT2D eigenvalue weighted by Crippen LogP contribution is -1.93. The van der Waals surface area contributed by atoms with Gasteiger partial charge in [0.25, 0.3) is 0 Å². The Morgan fingerprint density at radius 1 is 0.800 bits per heavy atom. The lowest BCUT2D eigenvalue weighted by Gasteiger charge is -2.00. The van der Waals surface area contributed by atoms with Crippen LogP contribution in [-0.4, -0.2) is 9.97 Å². The molecule has 0 amide bonds. The van der Waals surface area contributed by atoms with E-state index in [9.17, 15) is 0 Å². The summed E-state index contributed by atoms with van der Waals surface area (Å²) in [6.07, 6.45) is 3.95. The summed E-state index contributed by atoms with van der Waals surface area (Å²) in [7, 11) is 0. The molecular formula is C11H8Cl2N2. The first-order valence-electron chi connectivity index (χ1n) is 4.45.